The van der Waals surface area contributed by atoms with Crippen molar-refractivity contribution in [2.45, 2.75) is 64.5 Å². The molecule has 0 fully saturated rings. The molecule has 1 aliphatic carbocycles. The van der Waals surface area contributed by atoms with Crippen LogP contribution in [0.1, 0.15) is 63.6 Å². The minimum Gasteiger partial charge on any atom is -0.446 e. The van der Waals surface area contributed by atoms with Gasteiger partial charge in [-0.25, -0.2) is 4.79 Å². The molecule has 7 nitrogen and oxygen atoms in total. The zero-order valence-corrected chi connectivity index (χ0v) is 20.1. The van der Waals surface area contributed by atoms with E-state index in [0.717, 1.165) is 20.9 Å². The number of ketones is 1. The fraction of sp³-hybridized carbons (Fsp3) is 0.385. The topological polar surface area (TPSA) is 105 Å². The summed E-state index contributed by atoms with van der Waals surface area (Å²) in [5.41, 5.74) is 3.40. The Morgan fingerprint density at radius 1 is 1.35 bits per heavy atom. The number of aromatic nitrogens is 1. The molecular weight excluding hydrogens is 450 g/mol. The first-order valence-corrected chi connectivity index (χ1v) is 12.2. The normalized spacial score (nSPS) is 15.7. The van der Waals surface area contributed by atoms with Crippen LogP contribution in [0, 0.1) is 18.3 Å². The van der Waals surface area contributed by atoms with Gasteiger partial charge in [-0.15, -0.1) is 11.3 Å². The number of nitrogens with zero attached hydrogens (tertiary/aromatic N) is 2. The van der Waals surface area contributed by atoms with Crippen LogP contribution in [0.5, 0.6) is 0 Å². The van der Waals surface area contributed by atoms with Crippen LogP contribution in [0.15, 0.2) is 40.9 Å². The molecular formula is C26H27N3O4S. The van der Waals surface area contributed by atoms with E-state index in [1.165, 1.54) is 11.3 Å². The third kappa shape index (κ3) is 5.72. The van der Waals surface area contributed by atoms with Crippen LogP contribution in [0.3, 0.4) is 0 Å². The number of carbonyl (C=O) groups excluding carboxylic acids is 2. The number of hydrogen-bond donors (Lipinski definition) is 1. The molecule has 34 heavy (non-hydrogen) atoms. The van der Waals surface area contributed by atoms with Crippen LogP contribution >= 0.6 is 11.3 Å². The Kier molecular flexibility index (Phi) is 7.43. The van der Waals surface area contributed by atoms with Gasteiger partial charge in [-0.2, -0.15) is 5.26 Å². The minimum atomic E-state index is -0.503. The highest BCUT2D eigenvalue weighted by Crippen LogP contribution is 2.36. The SMILES string of the molecule is Cc1cc(CNC(=O)OC2CCc3c(sc(CC(=O)CC(C)c4ccccc4)c3C#N)C2)no1. The maximum atomic E-state index is 12.8. The van der Waals surface area contributed by atoms with E-state index < -0.39 is 6.09 Å². The van der Waals surface area contributed by atoms with Gasteiger partial charge in [0.05, 0.1) is 12.1 Å². The van der Waals surface area contributed by atoms with Crippen molar-refractivity contribution in [1.82, 2.24) is 10.5 Å². The van der Waals surface area contributed by atoms with E-state index in [9.17, 15) is 14.9 Å². The van der Waals surface area contributed by atoms with E-state index in [4.69, 9.17) is 9.26 Å². The molecule has 8 heteroatoms. The summed E-state index contributed by atoms with van der Waals surface area (Å²) < 4.78 is 10.6. The van der Waals surface area contributed by atoms with E-state index in [-0.39, 0.29) is 30.8 Å². The lowest BCUT2D eigenvalue weighted by Gasteiger charge is -2.22. The number of nitrogens with one attached hydrogen (secondary N) is 1. The first-order valence-electron chi connectivity index (χ1n) is 11.4. The van der Waals surface area contributed by atoms with Gasteiger partial charge in [0.2, 0.25) is 0 Å². The standard InChI is InChI=1S/C26H27N3O4S/c1-16(18-6-4-3-5-7-18)10-20(30)12-24-23(14-27)22-9-8-21(13-25(22)34-24)32-26(31)28-15-19-11-17(2)33-29-19/h3-7,11,16,21H,8-10,12-13,15H2,1-2H3,(H,28,31). The third-order valence-corrected chi connectivity index (χ3v) is 7.28. The van der Waals surface area contributed by atoms with Crippen LogP contribution < -0.4 is 5.32 Å². The molecule has 0 radical (unpaired) electrons. The Morgan fingerprint density at radius 2 is 2.15 bits per heavy atom. The molecule has 0 spiro atoms. The van der Waals surface area contributed by atoms with Crippen molar-refractivity contribution in [2.24, 2.45) is 0 Å². The van der Waals surface area contributed by atoms with Crippen LogP contribution in [-0.2, 0) is 35.3 Å². The molecule has 2 aromatic heterocycles. The van der Waals surface area contributed by atoms with Crippen LogP contribution in [0.4, 0.5) is 4.79 Å². The monoisotopic (exact) mass is 477 g/mol. The van der Waals surface area contributed by atoms with Gasteiger partial charge < -0.3 is 14.6 Å². The highest BCUT2D eigenvalue weighted by Gasteiger charge is 2.28. The molecule has 2 heterocycles. The van der Waals surface area contributed by atoms with Crippen LogP contribution in [0.25, 0.3) is 0 Å². The second-order valence-corrected chi connectivity index (χ2v) is 9.89. The first kappa shape index (κ1) is 23.7. The van der Waals surface area contributed by atoms with Gasteiger partial charge >= 0.3 is 6.09 Å². The van der Waals surface area contributed by atoms with Gasteiger partial charge in [-0.1, -0.05) is 42.4 Å². The van der Waals surface area contributed by atoms with Crippen molar-refractivity contribution in [3.05, 3.63) is 74.3 Å². The summed E-state index contributed by atoms with van der Waals surface area (Å²) in [6.45, 7) is 4.07. The quantitative estimate of drug-likeness (QED) is 0.489. The molecule has 4 rings (SSSR count). The van der Waals surface area contributed by atoms with E-state index in [2.05, 4.69) is 23.5 Å². The van der Waals surface area contributed by atoms with Crippen molar-refractivity contribution in [2.75, 3.05) is 0 Å². The fourth-order valence-electron chi connectivity index (χ4n) is 4.32. The number of carbonyl (C=O) groups is 2. The molecule has 0 saturated carbocycles. The van der Waals surface area contributed by atoms with Gasteiger partial charge in [0.25, 0.3) is 0 Å². The predicted molar refractivity (Wildman–Crippen MR) is 128 cm³/mol. The maximum Gasteiger partial charge on any atom is 0.407 e. The Hall–Kier alpha value is -3.44. The van der Waals surface area contributed by atoms with Crippen molar-refractivity contribution < 1.29 is 18.8 Å². The molecule has 0 saturated heterocycles. The minimum absolute atomic E-state index is 0.127. The number of amides is 1. The summed E-state index contributed by atoms with van der Waals surface area (Å²) in [4.78, 5) is 26.9. The number of ether oxygens (including phenoxy) is 1. The van der Waals surface area contributed by atoms with Crippen LogP contribution in [0.2, 0.25) is 0 Å². The molecule has 2 atom stereocenters. The molecule has 2 unspecified atom stereocenters. The zero-order chi connectivity index (χ0) is 24.1. The number of thiophene rings is 1. The summed E-state index contributed by atoms with van der Waals surface area (Å²) in [5.74, 6) is 0.938. The zero-order valence-electron chi connectivity index (χ0n) is 19.3. The lowest BCUT2D eigenvalue weighted by atomic mass is 9.91. The summed E-state index contributed by atoms with van der Waals surface area (Å²) in [5, 5.41) is 16.3. The molecule has 0 aliphatic heterocycles. The average Bonchev–Trinajstić information content (AvgIpc) is 3.40. The fourth-order valence-corrected chi connectivity index (χ4v) is 5.71. The summed E-state index contributed by atoms with van der Waals surface area (Å²) >= 11 is 1.50. The largest absolute Gasteiger partial charge is 0.446 e. The molecule has 0 bridgehead atoms. The number of fused-ring (bicyclic) bond motifs is 1. The number of aryl methyl sites for hydroxylation is 1. The number of nitriles is 1. The maximum absolute atomic E-state index is 12.8. The van der Waals surface area contributed by atoms with Gasteiger partial charge in [0.15, 0.2) is 0 Å². The Balaban J connectivity index is 1.34. The molecule has 1 aliphatic rings. The highest BCUT2D eigenvalue weighted by molar-refractivity contribution is 7.12. The average molecular weight is 478 g/mol. The Morgan fingerprint density at radius 3 is 2.85 bits per heavy atom. The number of benzene rings is 1. The predicted octanol–water partition coefficient (Wildman–Crippen LogP) is 5.01. The van der Waals surface area contributed by atoms with Crippen molar-refractivity contribution in [3.63, 3.8) is 0 Å². The van der Waals surface area contributed by atoms with E-state index >= 15 is 0 Å². The highest BCUT2D eigenvalue weighted by atomic mass is 32.1. The van der Waals surface area contributed by atoms with Crippen molar-refractivity contribution in [1.29, 1.82) is 5.26 Å². The second kappa shape index (κ2) is 10.7. The molecule has 1 aromatic carbocycles. The van der Waals surface area contributed by atoms with E-state index in [1.54, 1.807) is 13.0 Å². The van der Waals surface area contributed by atoms with Gasteiger partial charge in [0, 0.05) is 35.1 Å². The van der Waals surface area contributed by atoms with E-state index in [1.807, 2.05) is 30.3 Å². The lowest BCUT2D eigenvalue weighted by molar-refractivity contribution is -0.118. The lowest BCUT2D eigenvalue weighted by Crippen LogP contribution is -2.31. The van der Waals surface area contributed by atoms with E-state index in [0.29, 0.717) is 42.7 Å². The number of alkyl carbamates (subject to hydrolysis) is 1. The number of hydrogen-bond acceptors (Lipinski definition) is 7. The van der Waals surface area contributed by atoms with Crippen molar-refractivity contribution in [3.8, 4) is 6.07 Å². The smallest absolute Gasteiger partial charge is 0.407 e. The van der Waals surface area contributed by atoms with Crippen LogP contribution in [-0.4, -0.2) is 23.1 Å². The van der Waals surface area contributed by atoms with Gasteiger partial charge in [-0.3, -0.25) is 4.79 Å². The third-order valence-electron chi connectivity index (χ3n) is 6.03. The number of rotatable bonds is 8. The Labute approximate surface area is 202 Å². The molecule has 176 valence electrons. The molecule has 1 N–H and O–H groups in total. The summed E-state index contributed by atoms with van der Waals surface area (Å²) in [7, 11) is 0. The summed E-state index contributed by atoms with van der Waals surface area (Å²) in [6, 6.07) is 14.1. The molecule has 3 aromatic rings. The molecule has 1 amide bonds. The van der Waals surface area contributed by atoms with Gasteiger partial charge in [0.1, 0.15) is 29.4 Å². The van der Waals surface area contributed by atoms with Gasteiger partial charge in [-0.05, 0) is 36.8 Å². The second-order valence-electron chi connectivity index (χ2n) is 8.70. The summed E-state index contributed by atoms with van der Waals surface area (Å²) in [6.07, 6.45) is 1.79. The number of Topliss-reactive ketones (excluding diaryl/α,β-unsaturated/α-hetero) is 1. The first-order chi connectivity index (χ1) is 16.4. The van der Waals surface area contributed by atoms with Crippen molar-refractivity contribution >= 4 is 23.2 Å². The Bertz CT molecular complexity index is 1210.